The van der Waals surface area contributed by atoms with Crippen LogP contribution in [0.3, 0.4) is 0 Å². The summed E-state index contributed by atoms with van der Waals surface area (Å²) in [5, 5.41) is 20.4. The van der Waals surface area contributed by atoms with Gasteiger partial charge in [-0.3, -0.25) is 0 Å². The molecule has 8 aromatic carbocycles. The second kappa shape index (κ2) is 8.15. The molecule has 9 rings (SSSR count). The minimum Gasteiger partial charge on any atom is -0.0616 e. The molecule has 0 radical (unpaired) electrons. The van der Waals surface area contributed by atoms with Gasteiger partial charge in [-0.1, -0.05) is 97.1 Å². The minimum atomic E-state index is 1.27. The van der Waals surface area contributed by atoms with Crippen LogP contribution in [0.1, 0.15) is 0 Å². The molecule has 1 aliphatic rings. The van der Waals surface area contributed by atoms with Gasteiger partial charge in [0.2, 0.25) is 0 Å². The van der Waals surface area contributed by atoms with Crippen LogP contribution in [-0.2, 0) is 0 Å². The molecule has 0 amide bonds. The average Bonchev–Trinajstić information content (AvgIpc) is 3.02. The van der Waals surface area contributed by atoms with E-state index in [2.05, 4.69) is 146 Å². The second-order valence-electron chi connectivity index (χ2n) is 11.0. The van der Waals surface area contributed by atoms with E-state index in [4.69, 9.17) is 0 Å². The Hall–Kier alpha value is -5.20. The van der Waals surface area contributed by atoms with Crippen molar-refractivity contribution in [3.8, 4) is 0 Å². The summed E-state index contributed by atoms with van der Waals surface area (Å²) in [6.07, 6.45) is 0. The molecule has 0 nitrogen and oxygen atoms in total. The molecule has 0 bridgehead atoms. The van der Waals surface area contributed by atoms with E-state index in [9.17, 15) is 0 Å². The average molecular weight is 505 g/mol. The van der Waals surface area contributed by atoms with E-state index in [1.807, 2.05) is 0 Å². The lowest BCUT2D eigenvalue weighted by molar-refractivity contribution is 1.32. The molecule has 0 heterocycles. The summed E-state index contributed by atoms with van der Waals surface area (Å²) in [6, 6.07) is 54.2. The molecule has 0 fully saturated rings. The minimum absolute atomic E-state index is 1.27. The van der Waals surface area contributed by atoms with Crippen LogP contribution in [0.5, 0.6) is 0 Å². The quantitative estimate of drug-likeness (QED) is 0.193. The summed E-state index contributed by atoms with van der Waals surface area (Å²) in [5.74, 6) is 0. The van der Waals surface area contributed by atoms with Gasteiger partial charge in [0.1, 0.15) is 0 Å². The van der Waals surface area contributed by atoms with E-state index in [1.165, 1.54) is 84.8 Å². The Labute approximate surface area is 230 Å². The highest BCUT2D eigenvalue weighted by molar-refractivity contribution is 5.87. The van der Waals surface area contributed by atoms with E-state index in [0.717, 1.165) is 0 Å². The number of benzene rings is 8. The standard InChI is InChI=1S/C40H24/c1-2-10-26-18-34-33(17-25(26)9-1)35-19-27-11-3-4-13-29(27)21-37(35)39-23-31-15-7-8-16-32(31)24-40(39)38-22-30-14-6-5-12-28(30)20-36(34)38/h1-24H/b35-33-,36-34-,39-37-,40-38-. The summed E-state index contributed by atoms with van der Waals surface area (Å²) in [7, 11) is 0. The lowest BCUT2D eigenvalue weighted by Crippen LogP contribution is -1.92. The molecule has 184 valence electrons. The Kier molecular flexibility index (Phi) is 4.42. The van der Waals surface area contributed by atoms with Crippen LogP contribution in [0.4, 0.5) is 0 Å². The highest BCUT2D eigenvalue weighted by Gasteiger charge is 2.07. The molecule has 0 saturated heterocycles. The number of hydrogen-bond acceptors (Lipinski definition) is 0. The van der Waals surface area contributed by atoms with Crippen LogP contribution in [0.25, 0.3) is 43.1 Å². The molecule has 0 saturated carbocycles. The van der Waals surface area contributed by atoms with Crippen molar-refractivity contribution in [1.29, 1.82) is 0 Å². The Morgan fingerprint density at radius 3 is 0.425 bits per heavy atom. The lowest BCUT2D eigenvalue weighted by atomic mass is 9.95. The molecule has 0 unspecified atom stereocenters. The first kappa shape index (κ1) is 21.7. The molecule has 0 spiro atoms. The van der Waals surface area contributed by atoms with Gasteiger partial charge in [-0.05, 0) is 133 Å². The molecule has 8 aromatic rings. The van der Waals surface area contributed by atoms with E-state index in [0.29, 0.717) is 0 Å². The number of hydrogen-bond donors (Lipinski definition) is 0. The first-order valence-electron chi connectivity index (χ1n) is 13.9. The normalized spacial score (nSPS) is 15.6. The smallest absolute Gasteiger partial charge is 0.00923 e. The topological polar surface area (TPSA) is 0 Å². The van der Waals surface area contributed by atoms with Gasteiger partial charge in [-0.15, -0.1) is 0 Å². The Morgan fingerprint density at radius 1 is 0.175 bits per heavy atom. The van der Waals surface area contributed by atoms with E-state index < -0.39 is 0 Å². The molecule has 0 aromatic heterocycles. The van der Waals surface area contributed by atoms with Crippen LogP contribution in [0, 0.1) is 41.7 Å². The maximum absolute atomic E-state index is 2.41. The highest BCUT2D eigenvalue weighted by atomic mass is 14.1. The molecule has 0 heteroatoms. The van der Waals surface area contributed by atoms with Gasteiger partial charge >= 0.3 is 0 Å². The zero-order valence-corrected chi connectivity index (χ0v) is 21.9. The van der Waals surface area contributed by atoms with Crippen LogP contribution in [0.15, 0.2) is 146 Å². The van der Waals surface area contributed by atoms with Crippen molar-refractivity contribution >= 4 is 43.1 Å². The molecule has 0 N–H and O–H groups in total. The monoisotopic (exact) mass is 504 g/mol. The summed E-state index contributed by atoms with van der Waals surface area (Å²) < 4.78 is 0. The van der Waals surface area contributed by atoms with Crippen molar-refractivity contribution in [2.75, 3.05) is 0 Å². The first-order chi connectivity index (χ1) is 19.8. The highest BCUT2D eigenvalue weighted by Crippen LogP contribution is 2.26. The fourth-order valence-corrected chi connectivity index (χ4v) is 6.74. The van der Waals surface area contributed by atoms with Gasteiger partial charge in [0, 0.05) is 0 Å². The van der Waals surface area contributed by atoms with Crippen molar-refractivity contribution < 1.29 is 0 Å². The molecule has 1 aliphatic carbocycles. The Bertz CT molecular complexity index is 2140. The van der Waals surface area contributed by atoms with Crippen LogP contribution in [0.2, 0.25) is 0 Å². The van der Waals surface area contributed by atoms with Gasteiger partial charge < -0.3 is 0 Å². The van der Waals surface area contributed by atoms with Gasteiger partial charge in [-0.2, -0.15) is 0 Å². The zero-order chi connectivity index (χ0) is 26.2. The van der Waals surface area contributed by atoms with Gasteiger partial charge in [0.05, 0.1) is 0 Å². The molecule has 0 aliphatic heterocycles. The third-order valence-corrected chi connectivity index (χ3v) is 8.70. The third-order valence-electron chi connectivity index (χ3n) is 8.70. The summed E-state index contributed by atoms with van der Waals surface area (Å²) >= 11 is 0. The summed E-state index contributed by atoms with van der Waals surface area (Å²) in [4.78, 5) is 0. The van der Waals surface area contributed by atoms with Crippen molar-refractivity contribution in [1.82, 2.24) is 0 Å². The lowest BCUT2D eigenvalue weighted by Gasteiger charge is -2.08. The van der Waals surface area contributed by atoms with E-state index in [-0.39, 0.29) is 0 Å². The SMILES string of the molecule is c1ccc2cc3/c(cc2c1)=c1/cc2ccccc2c/c1=c1\cc2ccccc2c\c1=c1/cc2ccccc2c/c1=3. The van der Waals surface area contributed by atoms with Crippen molar-refractivity contribution in [3.05, 3.63) is 187 Å². The first-order valence-corrected chi connectivity index (χ1v) is 13.9. The van der Waals surface area contributed by atoms with Crippen molar-refractivity contribution in [2.24, 2.45) is 0 Å². The zero-order valence-electron chi connectivity index (χ0n) is 21.9. The fraction of sp³-hybridized carbons (Fsp3) is 0. The number of fused-ring (bicyclic) bond motifs is 8. The Morgan fingerprint density at radius 2 is 0.300 bits per heavy atom. The van der Waals surface area contributed by atoms with Crippen molar-refractivity contribution in [2.45, 2.75) is 0 Å². The predicted molar refractivity (Wildman–Crippen MR) is 166 cm³/mol. The summed E-state index contributed by atoms with van der Waals surface area (Å²) in [5.41, 5.74) is 0. The maximum Gasteiger partial charge on any atom is -0.00923 e. The number of rotatable bonds is 0. The van der Waals surface area contributed by atoms with E-state index in [1.54, 1.807) is 0 Å². The maximum atomic E-state index is 2.41. The molecule has 0 atom stereocenters. The van der Waals surface area contributed by atoms with Gasteiger partial charge in [-0.25, -0.2) is 0 Å². The largest absolute Gasteiger partial charge is 0.0616 e. The van der Waals surface area contributed by atoms with Crippen LogP contribution >= 0.6 is 0 Å². The molecular weight excluding hydrogens is 480 g/mol. The van der Waals surface area contributed by atoms with Gasteiger partial charge in [0.15, 0.2) is 0 Å². The summed E-state index contributed by atoms with van der Waals surface area (Å²) in [6.45, 7) is 0. The fourth-order valence-electron chi connectivity index (χ4n) is 6.74. The molecule has 40 heavy (non-hydrogen) atoms. The Balaban J connectivity index is 1.79. The van der Waals surface area contributed by atoms with Gasteiger partial charge in [0.25, 0.3) is 0 Å². The van der Waals surface area contributed by atoms with E-state index >= 15 is 0 Å². The van der Waals surface area contributed by atoms with Crippen LogP contribution in [-0.4, -0.2) is 0 Å². The molecular formula is C40H24. The van der Waals surface area contributed by atoms with Crippen LogP contribution < -0.4 is 0 Å². The van der Waals surface area contributed by atoms with Crippen molar-refractivity contribution in [3.63, 3.8) is 0 Å². The third kappa shape index (κ3) is 3.14. The second-order valence-corrected chi connectivity index (χ2v) is 11.0. The predicted octanol–water partition coefficient (Wildman–Crippen LogP) is 9.76.